The molecule has 2 aromatic rings. The molecule has 36 heavy (non-hydrogen) atoms. The molecule has 0 bridgehead atoms. The van der Waals surface area contributed by atoms with Crippen LogP contribution >= 0.6 is 0 Å². The van der Waals surface area contributed by atoms with Gasteiger partial charge in [0.15, 0.2) is 0 Å². The summed E-state index contributed by atoms with van der Waals surface area (Å²) in [4.78, 5) is 0. The van der Waals surface area contributed by atoms with E-state index < -0.39 is 8.32 Å². The highest BCUT2D eigenvalue weighted by Crippen LogP contribution is 2.60. The molecule has 1 N–H and O–H groups in total. The number of aliphatic hydroxyl groups is 1. The van der Waals surface area contributed by atoms with Crippen LogP contribution < -0.4 is 10.4 Å². The second-order valence-corrected chi connectivity index (χ2v) is 17.6. The predicted octanol–water partition coefficient (Wildman–Crippen LogP) is 7.21. The van der Waals surface area contributed by atoms with Crippen LogP contribution in [0.25, 0.3) is 0 Å². The van der Waals surface area contributed by atoms with Crippen LogP contribution in [0.3, 0.4) is 0 Å². The van der Waals surface area contributed by atoms with Gasteiger partial charge in [0, 0.05) is 6.61 Å². The Morgan fingerprint density at radius 2 is 1.42 bits per heavy atom. The van der Waals surface area contributed by atoms with Crippen molar-refractivity contribution in [3.63, 3.8) is 0 Å². The third-order valence-electron chi connectivity index (χ3n) is 9.71. The molecule has 0 spiro atoms. The molecule has 3 rings (SSSR count). The number of hydrogen-bond acceptors (Lipinski definition) is 2. The molecule has 0 unspecified atom stereocenters. The summed E-state index contributed by atoms with van der Waals surface area (Å²) >= 11 is 0. The van der Waals surface area contributed by atoms with Crippen molar-refractivity contribution in [1.29, 1.82) is 0 Å². The van der Waals surface area contributed by atoms with E-state index in [2.05, 4.69) is 129 Å². The summed E-state index contributed by atoms with van der Waals surface area (Å²) < 4.78 is 7.37. The highest BCUT2D eigenvalue weighted by molar-refractivity contribution is 6.99. The lowest BCUT2D eigenvalue weighted by molar-refractivity contribution is 0.0321. The van der Waals surface area contributed by atoms with Gasteiger partial charge in [0.2, 0.25) is 0 Å². The molecule has 1 saturated carbocycles. The summed E-state index contributed by atoms with van der Waals surface area (Å²) in [6, 6.07) is 22.0. The SMILES string of the molecule is CC(C)[C@@H](O)/C=C/[C@H](C)[C@@]1(C)CC[C@@H](CO[Si](c2ccccc2)(c2ccccc2)C(C)(C)C)C1(C)C. The van der Waals surface area contributed by atoms with Gasteiger partial charge in [0.1, 0.15) is 0 Å². The van der Waals surface area contributed by atoms with Crippen molar-refractivity contribution in [2.75, 3.05) is 6.61 Å². The standard InChI is InChI=1S/C33H50O2Si/c1-25(2)30(34)21-20-26(3)33(9)23-22-27(32(33,7)8)24-35-36(31(4,5)6,28-16-12-10-13-17-28)29-18-14-11-15-19-29/h10-21,25-27,30,34H,22-24H2,1-9H3/b21-20+/t26-,27-,30-,33+/m0/s1. The van der Waals surface area contributed by atoms with E-state index in [0.717, 1.165) is 6.61 Å². The van der Waals surface area contributed by atoms with Gasteiger partial charge in [-0.1, -0.05) is 135 Å². The van der Waals surface area contributed by atoms with Gasteiger partial charge in [-0.3, -0.25) is 0 Å². The molecule has 3 heteroatoms. The summed E-state index contributed by atoms with van der Waals surface area (Å²) in [5.41, 5.74) is 0.268. The first-order valence-corrected chi connectivity index (χ1v) is 15.8. The van der Waals surface area contributed by atoms with Gasteiger partial charge in [-0.05, 0) is 56.8 Å². The molecule has 0 heterocycles. The van der Waals surface area contributed by atoms with Gasteiger partial charge in [-0.2, -0.15) is 0 Å². The molecule has 198 valence electrons. The second-order valence-electron chi connectivity index (χ2n) is 13.3. The predicted molar refractivity (Wildman–Crippen MR) is 157 cm³/mol. The Hall–Kier alpha value is -1.68. The van der Waals surface area contributed by atoms with Crippen molar-refractivity contribution in [3.05, 3.63) is 72.8 Å². The molecule has 2 aromatic carbocycles. The van der Waals surface area contributed by atoms with Crippen molar-refractivity contribution in [2.24, 2.45) is 28.6 Å². The molecule has 2 nitrogen and oxygen atoms in total. The molecule has 0 radical (unpaired) electrons. The Morgan fingerprint density at radius 1 is 0.917 bits per heavy atom. The Bertz CT molecular complexity index is 950. The normalized spacial score (nSPS) is 24.4. The molecule has 1 aliphatic carbocycles. The van der Waals surface area contributed by atoms with Crippen molar-refractivity contribution in [1.82, 2.24) is 0 Å². The minimum Gasteiger partial charge on any atom is -0.407 e. The van der Waals surface area contributed by atoms with Gasteiger partial charge in [-0.25, -0.2) is 0 Å². The number of hydrogen-bond donors (Lipinski definition) is 1. The molecule has 0 saturated heterocycles. The highest BCUT2D eigenvalue weighted by Gasteiger charge is 2.55. The van der Waals surface area contributed by atoms with E-state index in [1.165, 1.54) is 23.2 Å². The smallest absolute Gasteiger partial charge is 0.261 e. The van der Waals surface area contributed by atoms with E-state index in [1.54, 1.807) is 0 Å². The van der Waals surface area contributed by atoms with Crippen LogP contribution in [-0.2, 0) is 4.43 Å². The number of allylic oxidation sites excluding steroid dienone is 1. The first-order chi connectivity index (χ1) is 16.8. The molecular formula is C33H50O2Si. The van der Waals surface area contributed by atoms with Crippen LogP contribution in [0.4, 0.5) is 0 Å². The minimum atomic E-state index is -2.54. The fraction of sp³-hybridized carbons (Fsp3) is 0.576. The first-order valence-electron chi connectivity index (χ1n) is 13.9. The molecule has 0 amide bonds. The van der Waals surface area contributed by atoms with E-state index >= 15 is 0 Å². The molecular weight excluding hydrogens is 456 g/mol. The van der Waals surface area contributed by atoms with Crippen LogP contribution in [0, 0.1) is 28.6 Å². The van der Waals surface area contributed by atoms with Gasteiger partial charge in [-0.15, -0.1) is 0 Å². The Kier molecular flexibility index (Phi) is 8.80. The fourth-order valence-electron chi connectivity index (χ4n) is 6.43. The summed E-state index contributed by atoms with van der Waals surface area (Å²) in [5.74, 6) is 1.11. The summed E-state index contributed by atoms with van der Waals surface area (Å²) in [7, 11) is -2.54. The Morgan fingerprint density at radius 3 is 1.86 bits per heavy atom. The summed E-state index contributed by atoms with van der Waals surface area (Å²) in [6.07, 6.45) is 6.25. The van der Waals surface area contributed by atoms with E-state index in [4.69, 9.17) is 4.43 Å². The van der Waals surface area contributed by atoms with Crippen molar-refractivity contribution in [2.45, 2.75) is 86.3 Å². The lowest BCUT2D eigenvalue weighted by Gasteiger charge is -2.47. The number of benzene rings is 2. The fourth-order valence-corrected chi connectivity index (χ4v) is 11.0. The first kappa shape index (κ1) is 28.9. The van der Waals surface area contributed by atoms with E-state index in [9.17, 15) is 5.11 Å². The zero-order valence-electron chi connectivity index (χ0n) is 24.2. The van der Waals surface area contributed by atoms with Crippen LogP contribution in [0.2, 0.25) is 5.04 Å². The molecule has 4 atom stereocenters. The van der Waals surface area contributed by atoms with Crippen molar-refractivity contribution in [3.8, 4) is 0 Å². The Balaban J connectivity index is 1.93. The lowest BCUT2D eigenvalue weighted by Crippen LogP contribution is -2.67. The average Bonchev–Trinajstić information content (AvgIpc) is 3.07. The number of rotatable bonds is 9. The maximum absolute atomic E-state index is 10.3. The monoisotopic (exact) mass is 506 g/mol. The Labute approximate surface area is 222 Å². The van der Waals surface area contributed by atoms with E-state index in [1.807, 2.05) is 6.08 Å². The van der Waals surface area contributed by atoms with Crippen LogP contribution in [0.5, 0.6) is 0 Å². The molecule has 0 aliphatic heterocycles. The van der Waals surface area contributed by atoms with Crippen LogP contribution in [0.1, 0.15) is 75.2 Å². The highest BCUT2D eigenvalue weighted by atomic mass is 28.4. The third kappa shape index (κ3) is 5.30. The largest absolute Gasteiger partial charge is 0.407 e. The van der Waals surface area contributed by atoms with Crippen LogP contribution in [0.15, 0.2) is 72.8 Å². The molecule has 1 fully saturated rings. The van der Waals surface area contributed by atoms with Gasteiger partial charge in [0.05, 0.1) is 6.10 Å². The van der Waals surface area contributed by atoms with Crippen molar-refractivity contribution < 1.29 is 9.53 Å². The zero-order chi connectivity index (χ0) is 26.8. The van der Waals surface area contributed by atoms with E-state index in [0.29, 0.717) is 11.8 Å². The minimum absolute atomic E-state index is 0.00916. The van der Waals surface area contributed by atoms with Gasteiger partial charge < -0.3 is 9.53 Å². The number of aliphatic hydroxyl groups excluding tert-OH is 1. The molecule has 1 aliphatic rings. The average molecular weight is 507 g/mol. The molecule has 0 aromatic heterocycles. The van der Waals surface area contributed by atoms with Gasteiger partial charge in [0.25, 0.3) is 8.32 Å². The maximum atomic E-state index is 10.3. The maximum Gasteiger partial charge on any atom is 0.261 e. The van der Waals surface area contributed by atoms with Crippen LogP contribution in [-0.4, -0.2) is 26.1 Å². The topological polar surface area (TPSA) is 29.5 Å². The van der Waals surface area contributed by atoms with Crippen molar-refractivity contribution >= 4 is 18.7 Å². The second kappa shape index (κ2) is 11.0. The lowest BCUT2D eigenvalue weighted by atomic mass is 9.60. The zero-order valence-corrected chi connectivity index (χ0v) is 25.2. The van der Waals surface area contributed by atoms with E-state index in [-0.39, 0.29) is 27.9 Å². The quantitative estimate of drug-likeness (QED) is 0.287. The summed E-state index contributed by atoms with van der Waals surface area (Å²) in [5, 5.41) is 13.0. The summed E-state index contributed by atoms with van der Waals surface area (Å²) in [6.45, 7) is 21.7. The third-order valence-corrected chi connectivity index (χ3v) is 14.7. The van der Waals surface area contributed by atoms with Gasteiger partial charge >= 0.3 is 0 Å².